The highest BCUT2D eigenvalue weighted by molar-refractivity contribution is 7.80. The lowest BCUT2D eigenvalue weighted by atomic mass is 9.90. The molecule has 0 bridgehead atoms. The molecule has 1 aromatic rings. The van der Waals surface area contributed by atoms with Crippen molar-refractivity contribution in [1.29, 1.82) is 0 Å². The Morgan fingerprint density at radius 1 is 1.67 bits per heavy atom. The molecule has 82 valence electrons. The molecule has 0 aromatic carbocycles. The number of aryl methyl sites for hydroxylation is 1. The SMILES string of the molecule is CC[C@@H]1C(=S)OC[C@@H]1Cc1cncn1C. The molecule has 0 spiro atoms. The maximum Gasteiger partial charge on any atom is 0.163 e. The molecule has 1 aliphatic heterocycles. The van der Waals surface area contributed by atoms with E-state index in [1.54, 1.807) is 0 Å². The average molecular weight is 224 g/mol. The summed E-state index contributed by atoms with van der Waals surface area (Å²) in [6, 6.07) is 0. The fourth-order valence-electron chi connectivity index (χ4n) is 2.16. The van der Waals surface area contributed by atoms with E-state index in [1.165, 1.54) is 5.69 Å². The molecule has 0 aliphatic carbocycles. The molecular formula is C11H16N2OS. The van der Waals surface area contributed by atoms with Gasteiger partial charge in [-0.05, 0) is 25.1 Å². The zero-order valence-electron chi connectivity index (χ0n) is 9.14. The summed E-state index contributed by atoms with van der Waals surface area (Å²) < 4.78 is 7.52. The molecule has 1 fully saturated rings. The van der Waals surface area contributed by atoms with E-state index in [0.717, 1.165) is 24.5 Å². The third-order valence-electron chi connectivity index (χ3n) is 3.14. The van der Waals surface area contributed by atoms with Crippen LogP contribution in [0.25, 0.3) is 0 Å². The lowest BCUT2D eigenvalue weighted by Gasteiger charge is -2.14. The van der Waals surface area contributed by atoms with Gasteiger partial charge in [-0.2, -0.15) is 0 Å². The van der Waals surface area contributed by atoms with Crippen molar-refractivity contribution in [3.05, 3.63) is 18.2 Å². The van der Waals surface area contributed by atoms with E-state index in [1.807, 2.05) is 19.6 Å². The van der Waals surface area contributed by atoms with Gasteiger partial charge in [-0.3, -0.25) is 0 Å². The van der Waals surface area contributed by atoms with Gasteiger partial charge in [0.05, 0.1) is 12.9 Å². The van der Waals surface area contributed by atoms with Crippen LogP contribution >= 0.6 is 12.2 Å². The van der Waals surface area contributed by atoms with E-state index >= 15 is 0 Å². The minimum atomic E-state index is 0.440. The van der Waals surface area contributed by atoms with E-state index in [2.05, 4.69) is 16.5 Å². The van der Waals surface area contributed by atoms with Crippen LogP contribution in [0.1, 0.15) is 19.0 Å². The van der Waals surface area contributed by atoms with Crippen LogP contribution in [0.15, 0.2) is 12.5 Å². The summed E-state index contributed by atoms with van der Waals surface area (Å²) in [4.78, 5) is 4.12. The van der Waals surface area contributed by atoms with Gasteiger partial charge in [0.25, 0.3) is 0 Å². The third-order valence-corrected chi connectivity index (χ3v) is 3.56. The summed E-state index contributed by atoms with van der Waals surface area (Å²) in [5.41, 5.74) is 1.26. The van der Waals surface area contributed by atoms with Gasteiger partial charge in [0.15, 0.2) is 5.05 Å². The molecule has 2 atom stereocenters. The Kier molecular flexibility index (Phi) is 3.05. The Balaban J connectivity index is 2.06. The van der Waals surface area contributed by atoms with E-state index in [4.69, 9.17) is 17.0 Å². The molecule has 15 heavy (non-hydrogen) atoms. The third kappa shape index (κ3) is 2.04. The molecule has 0 amide bonds. The molecule has 0 unspecified atom stereocenters. The minimum Gasteiger partial charge on any atom is -0.486 e. The Bertz CT molecular complexity index is 361. The predicted molar refractivity (Wildman–Crippen MR) is 62.7 cm³/mol. The van der Waals surface area contributed by atoms with E-state index < -0.39 is 0 Å². The Hall–Kier alpha value is -0.900. The van der Waals surface area contributed by atoms with Crippen LogP contribution in [0.4, 0.5) is 0 Å². The van der Waals surface area contributed by atoms with Gasteiger partial charge in [0.1, 0.15) is 0 Å². The van der Waals surface area contributed by atoms with Crippen LogP contribution in [-0.2, 0) is 18.2 Å². The summed E-state index contributed by atoms with van der Waals surface area (Å²) in [7, 11) is 2.03. The lowest BCUT2D eigenvalue weighted by Crippen LogP contribution is -2.17. The second-order valence-corrected chi connectivity index (χ2v) is 4.51. The molecule has 2 heterocycles. The summed E-state index contributed by atoms with van der Waals surface area (Å²) in [5, 5.41) is 0.796. The van der Waals surface area contributed by atoms with Crippen molar-refractivity contribution in [2.24, 2.45) is 18.9 Å². The average Bonchev–Trinajstić information content (AvgIpc) is 2.76. The van der Waals surface area contributed by atoms with Crippen molar-refractivity contribution in [2.45, 2.75) is 19.8 Å². The standard InChI is InChI=1S/C11H16N2OS/c1-3-10-8(6-14-11(10)15)4-9-5-12-7-13(9)2/h5,7-8,10H,3-4,6H2,1-2H3/t8-,10-/m0/s1. The second kappa shape index (κ2) is 4.31. The van der Waals surface area contributed by atoms with Crippen LogP contribution in [0, 0.1) is 11.8 Å². The van der Waals surface area contributed by atoms with Crippen LogP contribution in [0.5, 0.6) is 0 Å². The van der Waals surface area contributed by atoms with Gasteiger partial charge in [-0.1, -0.05) is 6.92 Å². The zero-order chi connectivity index (χ0) is 10.8. The summed E-state index contributed by atoms with van der Waals surface area (Å²) in [6.45, 7) is 2.93. The molecule has 1 saturated heterocycles. The molecule has 4 heteroatoms. The Morgan fingerprint density at radius 2 is 2.47 bits per heavy atom. The van der Waals surface area contributed by atoms with Crippen LogP contribution in [0.2, 0.25) is 0 Å². The van der Waals surface area contributed by atoms with Crippen molar-refractivity contribution in [1.82, 2.24) is 9.55 Å². The highest BCUT2D eigenvalue weighted by atomic mass is 32.1. The predicted octanol–water partition coefficient (Wildman–Crippen LogP) is 1.96. The smallest absolute Gasteiger partial charge is 0.163 e. The Morgan fingerprint density at radius 3 is 3.07 bits per heavy atom. The largest absolute Gasteiger partial charge is 0.486 e. The number of aromatic nitrogens is 2. The molecule has 3 nitrogen and oxygen atoms in total. The summed E-state index contributed by atoms with van der Waals surface area (Å²) in [5.74, 6) is 0.966. The quantitative estimate of drug-likeness (QED) is 0.734. The summed E-state index contributed by atoms with van der Waals surface area (Å²) in [6.07, 6.45) is 5.84. The monoisotopic (exact) mass is 224 g/mol. The fraction of sp³-hybridized carbons (Fsp3) is 0.636. The fourth-order valence-corrected chi connectivity index (χ4v) is 2.58. The van der Waals surface area contributed by atoms with Gasteiger partial charge in [-0.15, -0.1) is 0 Å². The molecular weight excluding hydrogens is 208 g/mol. The number of ether oxygens (including phenoxy) is 1. The van der Waals surface area contributed by atoms with Crippen molar-refractivity contribution in [3.63, 3.8) is 0 Å². The summed E-state index contributed by atoms with van der Waals surface area (Å²) >= 11 is 5.20. The first-order chi connectivity index (χ1) is 7.22. The second-order valence-electron chi connectivity index (χ2n) is 4.10. The zero-order valence-corrected chi connectivity index (χ0v) is 9.96. The number of nitrogens with zero attached hydrogens (tertiary/aromatic N) is 2. The Labute approximate surface area is 95.5 Å². The van der Waals surface area contributed by atoms with Gasteiger partial charge in [0, 0.05) is 30.8 Å². The van der Waals surface area contributed by atoms with Crippen LogP contribution in [0.3, 0.4) is 0 Å². The first-order valence-corrected chi connectivity index (χ1v) is 5.75. The number of hydrogen-bond acceptors (Lipinski definition) is 3. The number of thiocarbonyl (C=S) groups is 1. The lowest BCUT2D eigenvalue weighted by molar-refractivity contribution is 0.291. The molecule has 0 radical (unpaired) electrons. The van der Waals surface area contributed by atoms with E-state index in [9.17, 15) is 0 Å². The first-order valence-electron chi connectivity index (χ1n) is 5.34. The van der Waals surface area contributed by atoms with Crippen molar-refractivity contribution in [3.8, 4) is 0 Å². The van der Waals surface area contributed by atoms with Crippen molar-refractivity contribution in [2.75, 3.05) is 6.61 Å². The molecule has 0 N–H and O–H groups in total. The molecule has 1 aliphatic rings. The van der Waals surface area contributed by atoms with E-state index in [-0.39, 0.29) is 0 Å². The highest BCUT2D eigenvalue weighted by Crippen LogP contribution is 2.28. The molecule has 0 saturated carbocycles. The maximum atomic E-state index is 5.46. The van der Waals surface area contributed by atoms with Gasteiger partial charge in [-0.25, -0.2) is 4.98 Å². The number of imidazole rings is 1. The van der Waals surface area contributed by atoms with Gasteiger partial charge < -0.3 is 9.30 Å². The number of rotatable bonds is 3. The maximum absolute atomic E-state index is 5.46. The van der Waals surface area contributed by atoms with Crippen molar-refractivity contribution < 1.29 is 4.74 Å². The van der Waals surface area contributed by atoms with E-state index in [0.29, 0.717) is 11.8 Å². The van der Waals surface area contributed by atoms with Crippen molar-refractivity contribution >= 4 is 17.3 Å². The van der Waals surface area contributed by atoms with Gasteiger partial charge >= 0.3 is 0 Å². The normalized spacial score (nSPS) is 25.6. The first kappa shape index (κ1) is 10.6. The topological polar surface area (TPSA) is 27.1 Å². The van der Waals surface area contributed by atoms with Gasteiger partial charge in [0.2, 0.25) is 0 Å². The number of hydrogen-bond donors (Lipinski definition) is 0. The molecule has 2 rings (SSSR count). The highest BCUT2D eigenvalue weighted by Gasteiger charge is 2.32. The van der Waals surface area contributed by atoms with Crippen LogP contribution in [-0.4, -0.2) is 21.2 Å². The van der Waals surface area contributed by atoms with Crippen LogP contribution < -0.4 is 0 Å². The minimum absolute atomic E-state index is 0.440. The molecule has 1 aromatic heterocycles.